The van der Waals surface area contributed by atoms with Crippen LogP contribution in [0.1, 0.15) is 50.9 Å². The number of rotatable bonds is 4. The number of nitrogens with zero attached hydrogens (tertiary/aromatic N) is 1. The van der Waals surface area contributed by atoms with Gasteiger partial charge in [-0.25, -0.2) is 0 Å². The van der Waals surface area contributed by atoms with Crippen LogP contribution < -0.4 is 0 Å². The van der Waals surface area contributed by atoms with Gasteiger partial charge in [-0.3, -0.25) is 0 Å². The number of furan rings is 1. The van der Waals surface area contributed by atoms with Crippen molar-refractivity contribution in [3.05, 3.63) is 35.6 Å². The van der Waals surface area contributed by atoms with Crippen LogP contribution in [-0.4, -0.2) is 25.0 Å². The summed E-state index contributed by atoms with van der Waals surface area (Å²) in [4.78, 5) is 2.45. The summed E-state index contributed by atoms with van der Waals surface area (Å²) in [5.74, 6) is 3.19. The zero-order chi connectivity index (χ0) is 15.7. The van der Waals surface area contributed by atoms with Gasteiger partial charge >= 0.3 is 0 Å². The molecule has 120 valence electrons. The van der Waals surface area contributed by atoms with Gasteiger partial charge in [0.1, 0.15) is 11.3 Å². The minimum absolute atomic E-state index is 0.585. The Morgan fingerprint density at radius 3 is 2.82 bits per heavy atom. The van der Waals surface area contributed by atoms with Gasteiger partial charge in [-0.1, -0.05) is 39.3 Å². The number of piperidine rings is 1. The highest BCUT2D eigenvalue weighted by atomic mass is 16.3. The van der Waals surface area contributed by atoms with Crippen LogP contribution in [0.5, 0.6) is 0 Å². The molecule has 22 heavy (non-hydrogen) atoms. The first-order chi connectivity index (χ1) is 10.6. The van der Waals surface area contributed by atoms with Crippen molar-refractivity contribution in [3.63, 3.8) is 0 Å². The molecule has 0 aliphatic carbocycles. The van der Waals surface area contributed by atoms with Crippen molar-refractivity contribution in [2.75, 3.05) is 20.1 Å². The van der Waals surface area contributed by atoms with E-state index in [1.807, 2.05) is 0 Å². The first-order valence-corrected chi connectivity index (χ1v) is 8.77. The minimum atomic E-state index is 0.585. The summed E-state index contributed by atoms with van der Waals surface area (Å²) in [6.07, 6.45) is 3.57. The minimum Gasteiger partial charge on any atom is -0.461 e. The first-order valence-electron chi connectivity index (χ1n) is 8.77. The fourth-order valence-corrected chi connectivity index (χ4v) is 3.88. The van der Waals surface area contributed by atoms with Crippen molar-refractivity contribution in [1.82, 2.24) is 4.90 Å². The maximum atomic E-state index is 6.28. The normalized spacial score (nSPS) is 23.5. The Labute approximate surface area is 134 Å². The molecular formula is C20H29NO. The van der Waals surface area contributed by atoms with Gasteiger partial charge in [0.15, 0.2) is 0 Å². The molecule has 2 heteroatoms. The Morgan fingerprint density at radius 2 is 2.09 bits per heavy atom. The molecule has 1 aliphatic heterocycles. The highest BCUT2D eigenvalue weighted by Crippen LogP contribution is 2.37. The summed E-state index contributed by atoms with van der Waals surface area (Å²) in [5.41, 5.74) is 2.46. The third-order valence-corrected chi connectivity index (χ3v) is 5.07. The Balaban J connectivity index is 1.87. The summed E-state index contributed by atoms with van der Waals surface area (Å²) in [6, 6.07) is 9.02. The molecule has 0 spiro atoms. The van der Waals surface area contributed by atoms with E-state index in [1.54, 1.807) is 0 Å². The Bertz CT molecular complexity index is 628. The fourth-order valence-electron chi connectivity index (χ4n) is 3.88. The Morgan fingerprint density at radius 1 is 1.27 bits per heavy atom. The van der Waals surface area contributed by atoms with Crippen molar-refractivity contribution in [1.29, 1.82) is 0 Å². The Hall–Kier alpha value is -1.28. The number of hydrogen-bond acceptors (Lipinski definition) is 2. The van der Waals surface area contributed by atoms with Gasteiger partial charge < -0.3 is 9.32 Å². The predicted molar refractivity (Wildman–Crippen MR) is 93.4 cm³/mol. The zero-order valence-electron chi connectivity index (χ0n) is 14.4. The summed E-state index contributed by atoms with van der Waals surface area (Å²) in [5, 5.41) is 1.26. The van der Waals surface area contributed by atoms with Crippen molar-refractivity contribution in [2.45, 2.75) is 46.0 Å². The van der Waals surface area contributed by atoms with E-state index in [0.29, 0.717) is 11.8 Å². The van der Waals surface area contributed by atoms with Crippen LogP contribution in [0.3, 0.4) is 0 Å². The average Bonchev–Trinajstić information content (AvgIpc) is 2.89. The molecule has 0 unspecified atom stereocenters. The molecule has 2 heterocycles. The van der Waals surface area contributed by atoms with Crippen LogP contribution in [0.15, 0.2) is 28.7 Å². The van der Waals surface area contributed by atoms with Gasteiger partial charge in [-0.05, 0) is 56.0 Å². The largest absolute Gasteiger partial charge is 0.461 e. The van der Waals surface area contributed by atoms with Crippen LogP contribution in [-0.2, 0) is 6.42 Å². The number of likely N-dealkylation sites (tertiary alicyclic amines) is 1. The predicted octanol–water partition coefficient (Wildman–Crippen LogP) is 5.08. The standard InChI is InChI=1S/C20H29NO/c1-5-16-13-21(4)9-8-18(16)20-12-17-7-6-15(10-14(2)3)11-19(17)22-20/h6-7,11-12,14,16,18H,5,8-10,13H2,1-4H3/t16-,18-/m1/s1. The van der Waals surface area contributed by atoms with E-state index in [9.17, 15) is 0 Å². The van der Waals surface area contributed by atoms with Gasteiger partial charge in [0.2, 0.25) is 0 Å². The summed E-state index contributed by atoms with van der Waals surface area (Å²) >= 11 is 0. The highest BCUT2D eigenvalue weighted by Gasteiger charge is 2.30. The maximum absolute atomic E-state index is 6.28. The van der Waals surface area contributed by atoms with Crippen LogP contribution in [0, 0.1) is 11.8 Å². The van der Waals surface area contributed by atoms with Crippen molar-refractivity contribution >= 4 is 11.0 Å². The molecule has 1 saturated heterocycles. The smallest absolute Gasteiger partial charge is 0.134 e. The van der Waals surface area contributed by atoms with Crippen molar-refractivity contribution in [2.24, 2.45) is 11.8 Å². The third kappa shape index (κ3) is 3.22. The van der Waals surface area contributed by atoms with E-state index in [4.69, 9.17) is 4.42 Å². The number of hydrogen-bond donors (Lipinski definition) is 0. The second-order valence-corrected chi connectivity index (χ2v) is 7.44. The van der Waals surface area contributed by atoms with E-state index in [1.165, 1.54) is 42.6 Å². The monoisotopic (exact) mass is 299 g/mol. The van der Waals surface area contributed by atoms with E-state index in [0.717, 1.165) is 17.9 Å². The van der Waals surface area contributed by atoms with Crippen molar-refractivity contribution in [3.8, 4) is 0 Å². The molecule has 0 radical (unpaired) electrons. The van der Waals surface area contributed by atoms with Crippen molar-refractivity contribution < 1.29 is 4.42 Å². The number of benzene rings is 1. The summed E-state index contributed by atoms with van der Waals surface area (Å²) < 4.78 is 6.28. The molecule has 1 aromatic heterocycles. The van der Waals surface area contributed by atoms with Gasteiger partial charge in [0.05, 0.1) is 0 Å². The first kappa shape index (κ1) is 15.6. The second kappa shape index (κ2) is 6.45. The number of fused-ring (bicyclic) bond motifs is 1. The molecule has 0 saturated carbocycles. The van der Waals surface area contributed by atoms with E-state index >= 15 is 0 Å². The molecule has 2 nitrogen and oxygen atoms in total. The van der Waals surface area contributed by atoms with Gasteiger partial charge in [-0.2, -0.15) is 0 Å². The SMILES string of the molecule is CC[C@@H]1CN(C)CC[C@H]1c1cc2ccc(CC(C)C)cc2o1. The maximum Gasteiger partial charge on any atom is 0.134 e. The molecule has 1 fully saturated rings. The van der Waals surface area contributed by atoms with Gasteiger partial charge in [-0.15, -0.1) is 0 Å². The molecule has 2 atom stereocenters. The molecule has 0 amide bonds. The summed E-state index contributed by atoms with van der Waals surface area (Å²) in [6.45, 7) is 9.21. The Kier molecular flexibility index (Phi) is 4.58. The van der Waals surface area contributed by atoms with Crippen LogP contribution in [0.4, 0.5) is 0 Å². The van der Waals surface area contributed by atoms with Crippen LogP contribution in [0.25, 0.3) is 11.0 Å². The van der Waals surface area contributed by atoms with Crippen LogP contribution >= 0.6 is 0 Å². The lowest BCUT2D eigenvalue weighted by Gasteiger charge is -2.35. The topological polar surface area (TPSA) is 16.4 Å². The van der Waals surface area contributed by atoms with Crippen LogP contribution in [0.2, 0.25) is 0 Å². The lowest BCUT2D eigenvalue weighted by atomic mass is 9.82. The molecule has 3 rings (SSSR count). The molecule has 1 aromatic carbocycles. The third-order valence-electron chi connectivity index (χ3n) is 5.07. The molecule has 2 aromatic rings. The fraction of sp³-hybridized carbons (Fsp3) is 0.600. The van der Waals surface area contributed by atoms with Gasteiger partial charge in [0.25, 0.3) is 0 Å². The zero-order valence-corrected chi connectivity index (χ0v) is 14.4. The van der Waals surface area contributed by atoms with E-state index in [-0.39, 0.29) is 0 Å². The van der Waals surface area contributed by atoms with E-state index in [2.05, 4.69) is 57.0 Å². The van der Waals surface area contributed by atoms with Gasteiger partial charge in [0, 0.05) is 17.8 Å². The lowest BCUT2D eigenvalue weighted by Crippen LogP contribution is -2.36. The quantitative estimate of drug-likeness (QED) is 0.783. The molecule has 0 bridgehead atoms. The summed E-state index contributed by atoms with van der Waals surface area (Å²) in [7, 11) is 2.23. The lowest BCUT2D eigenvalue weighted by molar-refractivity contribution is 0.168. The molecule has 0 N–H and O–H groups in total. The molecule has 1 aliphatic rings. The average molecular weight is 299 g/mol. The van der Waals surface area contributed by atoms with E-state index < -0.39 is 0 Å². The highest BCUT2D eigenvalue weighted by molar-refractivity contribution is 5.78. The molecular weight excluding hydrogens is 270 g/mol. The second-order valence-electron chi connectivity index (χ2n) is 7.44.